The van der Waals surface area contributed by atoms with Crippen molar-refractivity contribution in [2.24, 2.45) is 0 Å². The molecule has 1 aromatic carbocycles. The third-order valence-corrected chi connectivity index (χ3v) is 6.78. The number of benzene rings is 1. The number of aryl methyl sites for hydroxylation is 3. The van der Waals surface area contributed by atoms with Crippen molar-refractivity contribution in [3.8, 4) is 0 Å². The maximum absolute atomic E-state index is 12.7. The Bertz CT molecular complexity index is 1090. The molecule has 0 saturated carbocycles. The summed E-state index contributed by atoms with van der Waals surface area (Å²) in [6.45, 7) is 0.731. The number of carbonyl (C=O) groups is 1. The van der Waals surface area contributed by atoms with E-state index in [2.05, 4.69) is 10.3 Å². The molecule has 0 atom stereocenters. The number of aromatic nitrogens is 2. The van der Waals surface area contributed by atoms with Crippen LogP contribution < -0.4 is 10.9 Å². The molecule has 6 heteroatoms. The van der Waals surface area contributed by atoms with Gasteiger partial charge in [-0.2, -0.15) is 0 Å². The highest BCUT2D eigenvalue weighted by Gasteiger charge is 2.18. The topological polar surface area (TPSA) is 64.0 Å². The van der Waals surface area contributed by atoms with Crippen LogP contribution in [0.15, 0.2) is 29.1 Å². The highest BCUT2D eigenvalue weighted by Crippen LogP contribution is 2.29. The van der Waals surface area contributed by atoms with Crippen molar-refractivity contribution in [1.29, 1.82) is 0 Å². The second-order valence-electron chi connectivity index (χ2n) is 7.39. The fourth-order valence-corrected chi connectivity index (χ4v) is 5.28. The predicted octanol–water partition coefficient (Wildman–Crippen LogP) is 3.93. The van der Waals surface area contributed by atoms with E-state index in [1.54, 1.807) is 22.0 Å². The van der Waals surface area contributed by atoms with Gasteiger partial charge in [-0.15, -0.1) is 11.3 Å². The Morgan fingerprint density at radius 2 is 1.96 bits per heavy atom. The van der Waals surface area contributed by atoms with E-state index in [-0.39, 0.29) is 11.5 Å². The maximum Gasteiger partial charge on any atom is 0.265 e. The van der Waals surface area contributed by atoms with Gasteiger partial charge in [-0.3, -0.25) is 14.2 Å². The zero-order chi connectivity index (χ0) is 18.4. The molecule has 0 unspecified atom stereocenters. The van der Waals surface area contributed by atoms with Gasteiger partial charge < -0.3 is 5.32 Å². The van der Waals surface area contributed by atoms with Crippen LogP contribution in [0.25, 0.3) is 10.9 Å². The second-order valence-corrected chi connectivity index (χ2v) is 8.53. The molecule has 1 amide bonds. The van der Waals surface area contributed by atoms with Crippen LogP contribution >= 0.6 is 11.3 Å². The van der Waals surface area contributed by atoms with Gasteiger partial charge in [0.05, 0.1) is 15.8 Å². The molecule has 0 saturated heterocycles. The van der Waals surface area contributed by atoms with Gasteiger partial charge in [0, 0.05) is 23.5 Å². The Hall–Kier alpha value is -2.47. The Balaban J connectivity index is 1.44. The lowest BCUT2D eigenvalue weighted by Crippen LogP contribution is -2.21. The van der Waals surface area contributed by atoms with E-state index >= 15 is 0 Å². The number of rotatable bonds is 2. The summed E-state index contributed by atoms with van der Waals surface area (Å²) in [6, 6.07) is 7.46. The van der Waals surface area contributed by atoms with Crippen molar-refractivity contribution in [1.82, 2.24) is 9.55 Å². The first kappa shape index (κ1) is 16.7. The van der Waals surface area contributed by atoms with Crippen LogP contribution in [0.4, 0.5) is 5.69 Å². The third kappa shape index (κ3) is 2.98. The van der Waals surface area contributed by atoms with Crippen LogP contribution in [0.5, 0.6) is 0 Å². The minimum atomic E-state index is -0.0957. The van der Waals surface area contributed by atoms with Gasteiger partial charge in [-0.25, -0.2) is 4.98 Å². The zero-order valence-corrected chi connectivity index (χ0v) is 15.9. The van der Waals surface area contributed by atoms with Crippen molar-refractivity contribution in [2.75, 3.05) is 5.32 Å². The van der Waals surface area contributed by atoms with Crippen molar-refractivity contribution in [3.63, 3.8) is 0 Å². The standard InChI is InChI=1S/C21H21N3O2S/c25-20(18-11-13-5-2-1-3-6-17(13)27-18)22-14-8-9-16-15(12-14)21(26)24-10-4-7-19(24)23-16/h8-9,11-12H,1-7,10H2,(H,22,25). The summed E-state index contributed by atoms with van der Waals surface area (Å²) >= 11 is 1.61. The molecular weight excluding hydrogens is 358 g/mol. The monoisotopic (exact) mass is 379 g/mol. The Kier molecular flexibility index (Phi) is 4.08. The van der Waals surface area contributed by atoms with E-state index in [4.69, 9.17) is 0 Å². The van der Waals surface area contributed by atoms with E-state index in [0.29, 0.717) is 16.6 Å². The number of thiophene rings is 1. The molecule has 0 bridgehead atoms. The van der Waals surface area contributed by atoms with E-state index in [1.807, 2.05) is 18.2 Å². The fraction of sp³-hybridized carbons (Fsp3) is 0.381. The van der Waals surface area contributed by atoms with Crippen LogP contribution in [-0.2, 0) is 25.8 Å². The smallest absolute Gasteiger partial charge is 0.265 e. The Morgan fingerprint density at radius 3 is 2.89 bits per heavy atom. The number of hydrogen-bond acceptors (Lipinski definition) is 4. The molecule has 0 fully saturated rings. The largest absolute Gasteiger partial charge is 0.321 e. The lowest BCUT2D eigenvalue weighted by atomic mass is 10.1. The first-order valence-corrected chi connectivity index (χ1v) is 10.5. The molecule has 138 valence electrons. The summed E-state index contributed by atoms with van der Waals surface area (Å²) in [5, 5.41) is 3.54. The number of anilines is 1. The van der Waals surface area contributed by atoms with Gasteiger partial charge >= 0.3 is 0 Å². The molecule has 2 aliphatic rings. The molecule has 1 aliphatic heterocycles. The molecule has 0 radical (unpaired) electrons. The normalized spacial score (nSPS) is 16.0. The number of nitrogens with zero attached hydrogens (tertiary/aromatic N) is 2. The molecule has 3 aromatic rings. The molecule has 27 heavy (non-hydrogen) atoms. The summed E-state index contributed by atoms with van der Waals surface area (Å²) in [6.07, 6.45) is 7.65. The van der Waals surface area contributed by atoms with Crippen molar-refractivity contribution < 1.29 is 4.79 Å². The zero-order valence-electron chi connectivity index (χ0n) is 15.1. The lowest BCUT2D eigenvalue weighted by molar-refractivity contribution is 0.103. The Morgan fingerprint density at radius 1 is 1.07 bits per heavy atom. The van der Waals surface area contributed by atoms with Gasteiger partial charge in [0.1, 0.15) is 5.82 Å². The number of fused-ring (bicyclic) bond motifs is 3. The third-order valence-electron chi connectivity index (χ3n) is 5.54. The minimum absolute atomic E-state index is 0.00793. The number of nitrogens with one attached hydrogen (secondary N) is 1. The van der Waals surface area contributed by atoms with Crippen LogP contribution in [0.3, 0.4) is 0 Å². The second kappa shape index (κ2) is 6.60. The lowest BCUT2D eigenvalue weighted by Gasteiger charge is -2.08. The number of amides is 1. The van der Waals surface area contributed by atoms with Crippen molar-refractivity contribution in [2.45, 2.75) is 51.5 Å². The van der Waals surface area contributed by atoms with Crippen molar-refractivity contribution in [3.05, 3.63) is 55.8 Å². The van der Waals surface area contributed by atoms with Crippen LogP contribution in [0, 0.1) is 0 Å². The Labute approximate surface area is 161 Å². The summed E-state index contributed by atoms with van der Waals surface area (Å²) in [5.41, 5.74) is 2.67. The van der Waals surface area contributed by atoms with Crippen LogP contribution in [0.2, 0.25) is 0 Å². The number of carbonyl (C=O) groups excluding carboxylic acids is 1. The quantitative estimate of drug-likeness (QED) is 0.686. The van der Waals surface area contributed by atoms with Gasteiger partial charge in [0.2, 0.25) is 0 Å². The summed E-state index contributed by atoms with van der Waals surface area (Å²) < 4.78 is 1.75. The van der Waals surface area contributed by atoms with E-state index in [0.717, 1.165) is 42.9 Å². The highest BCUT2D eigenvalue weighted by molar-refractivity contribution is 7.14. The first-order chi connectivity index (χ1) is 13.2. The van der Waals surface area contributed by atoms with Crippen molar-refractivity contribution >= 4 is 33.8 Å². The minimum Gasteiger partial charge on any atom is -0.321 e. The predicted molar refractivity (Wildman–Crippen MR) is 108 cm³/mol. The first-order valence-electron chi connectivity index (χ1n) is 9.65. The number of hydrogen-bond donors (Lipinski definition) is 1. The SMILES string of the molecule is O=C(Nc1ccc2nc3n(c(=O)c2c1)CCC3)c1cc2c(s1)CCCCC2. The molecule has 5 rings (SSSR count). The van der Waals surface area contributed by atoms with E-state index in [1.165, 1.54) is 29.7 Å². The van der Waals surface area contributed by atoms with Gasteiger partial charge in [-0.05, 0) is 61.9 Å². The van der Waals surface area contributed by atoms with Gasteiger partial charge in [0.25, 0.3) is 11.5 Å². The fourth-order valence-electron chi connectivity index (χ4n) is 4.13. The molecule has 5 nitrogen and oxygen atoms in total. The molecule has 2 aromatic heterocycles. The van der Waals surface area contributed by atoms with Crippen LogP contribution in [0.1, 0.15) is 51.6 Å². The molecule has 0 spiro atoms. The average molecular weight is 379 g/mol. The van der Waals surface area contributed by atoms with E-state index < -0.39 is 0 Å². The molecule has 1 N–H and O–H groups in total. The van der Waals surface area contributed by atoms with Gasteiger partial charge in [-0.1, -0.05) is 6.42 Å². The summed E-state index contributed by atoms with van der Waals surface area (Å²) in [4.78, 5) is 32.1. The average Bonchev–Trinajstić information content (AvgIpc) is 3.24. The van der Waals surface area contributed by atoms with Crippen LogP contribution in [-0.4, -0.2) is 15.5 Å². The molecular formula is C21H21N3O2S. The maximum atomic E-state index is 12.7. The molecule has 3 heterocycles. The summed E-state index contributed by atoms with van der Waals surface area (Å²) in [7, 11) is 0. The molecule has 1 aliphatic carbocycles. The van der Waals surface area contributed by atoms with Gasteiger partial charge in [0.15, 0.2) is 0 Å². The van der Waals surface area contributed by atoms with E-state index in [9.17, 15) is 9.59 Å². The highest BCUT2D eigenvalue weighted by atomic mass is 32.1. The summed E-state index contributed by atoms with van der Waals surface area (Å²) in [5.74, 6) is 0.769.